The number of sulfonamides is 1. The zero-order chi connectivity index (χ0) is 25.4. The molecule has 2 rings (SSSR count). The van der Waals surface area contributed by atoms with E-state index in [-0.39, 0.29) is 23.2 Å². The quantitative estimate of drug-likeness (QED) is 0.524. The lowest BCUT2D eigenvalue weighted by Crippen LogP contribution is -2.33. The fourth-order valence-corrected chi connectivity index (χ4v) is 4.83. The summed E-state index contributed by atoms with van der Waals surface area (Å²) in [4.78, 5) is 12.7. The van der Waals surface area contributed by atoms with Gasteiger partial charge in [-0.25, -0.2) is 13.1 Å². The van der Waals surface area contributed by atoms with Crippen LogP contribution in [0.25, 0.3) is 0 Å². The summed E-state index contributed by atoms with van der Waals surface area (Å²) in [6, 6.07) is 10.1. The molecule has 0 bridgehead atoms. The predicted octanol–water partition coefficient (Wildman–Crippen LogP) is 4.44. The van der Waals surface area contributed by atoms with E-state index >= 15 is 0 Å². The van der Waals surface area contributed by atoms with Crippen molar-refractivity contribution in [1.82, 2.24) is 4.72 Å². The number of carbonyl (C=O) groups excluding carboxylic acids is 1. The molecule has 0 unspecified atom stereocenters. The summed E-state index contributed by atoms with van der Waals surface area (Å²) in [6.45, 7) is 14.3. The smallest absolute Gasteiger partial charge is 0.264 e. The lowest BCUT2D eigenvalue weighted by atomic mass is 9.87. The molecule has 182 valence electrons. The Morgan fingerprint density at radius 1 is 0.879 bits per heavy atom. The Hall–Kier alpha value is -2.22. The highest BCUT2D eigenvalue weighted by Crippen LogP contribution is 2.31. The summed E-state index contributed by atoms with van der Waals surface area (Å²) in [6.07, 6.45) is -0.0649. The van der Waals surface area contributed by atoms with Crippen LogP contribution in [0.3, 0.4) is 0 Å². The number of nitrogens with one attached hydrogen (secondary N) is 1. The van der Waals surface area contributed by atoms with Crippen molar-refractivity contribution >= 4 is 15.9 Å². The first-order chi connectivity index (χ1) is 14.9. The van der Waals surface area contributed by atoms with Crippen molar-refractivity contribution in [2.24, 2.45) is 0 Å². The zero-order valence-corrected chi connectivity index (χ0v) is 21.7. The zero-order valence-electron chi connectivity index (χ0n) is 20.9. The summed E-state index contributed by atoms with van der Waals surface area (Å²) in [7, 11) is -4.23. The molecule has 0 aliphatic rings. The van der Waals surface area contributed by atoms with E-state index in [0.717, 1.165) is 16.7 Å². The van der Waals surface area contributed by atoms with Gasteiger partial charge in [0.2, 0.25) is 5.91 Å². The van der Waals surface area contributed by atoms with Gasteiger partial charge in [0.1, 0.15) is 0 Å². The molecule has 0 aromatic heterocycles. The molecular formula is C26H37NO5S. The Morgan fingerprint density at radius 2 is 1.30 bits per heavy atom. The summed E-state index contributed by atoms with van der Waals surface area (Å²) >= 11 is 0. The number of hydrogen-bond donors (Lipinski definition) is 3. The molecule has 0 saturated heterocycles. The Balaban J connectivity index is 2.46. The number of hydrogen-bond acceptors (Lipinski definition) is 5. The summed E-state index contributed by atoms with van der Waals surface area (Å²) < 4.78 is 28.4. The van der Waals surface area contributed by atoms with Crippen molar-refractivity contribution in [3.05, 3.63) is 64.2 Å². The molecule has 0 spiro atoms. The SMILES string of the molecule is CC(C)c1cccc(C(C)C)c1CC(=O)NS(=O)(=O)c1cc(C(C)(C)O)cc(C(C)(C)O)c1. The molecule has 0 heterocycles. The molecule has 6 nitrogen and oxygen atoms in total. The van der Waals surface area contributed by atoms with E-state index in [0.29, 0.717) is 11.1 Å². The number of aliphatic hydroxyl groups is 2. The Labute approximate surface area is 198 Å². The van der Waals surface area contributed by atoms with Crippen molar-refractivity contribution in [1.29, 1.82) is 0 Å². The van der Waals surface area contributed by atoms with E-state index in [1.807, 2.05) is 45.9 Å². The molecule has 3 N–H and O–H groups in total. The van der Waals surface area contributed by atoms with E-state index in [4.69, 9.17) is 0 Å². The standard InChI is InChI=1S/C26H37NO5S/c1-16(2)21-10-9-11-22(17(3)4)23(21)15-24(28)27-33(31,32)20-13-18(25(5,6)29)12-19(14-20)26(7,8)30/h9-14,16-17,29-30H,15H2,1-8H3,(H,27,28). The molecule has 33 heavy (non-hydrogen) atoms. The Bertz CT molecular complexity index is 1060. The fraction of sp³-hybridized carbons (Fsp3) is 0.500. The molecule has 0 radical (unpaired) electrons. The van der Waals surface area contributed by atoms with Gasteiger partial charge in [0.15, 0.2) is 0 Å². The molecule has 7 heteroatoms. The molecule has 0 fully saturated rings. The van der Waals surface area contributed by atoms with Crippen LogP contribution in [-0.2, 0) is 32.4 Å². The third-order valence-electron chi connectivity index (χ3n) is 5.71. The third-order valence-corrected chi connectivity index (χ3v) is 7.06. The average Bonchev–Trinajstić information content (AvgIpc) is 2.65. The van der Waals surface area contributed by atoms with Gasteiger partial charge < -0.3 is 10.2 Å². The van der Waals surface area contributed by atoms with E-state index in [2.05, 4.69) is 4.72 Å². The molecule has 0 aliphatic heterocycles. The third kappa shape index (κ3) is 6.65. The lowest BCUT2D eigenvalue weighted by molar-refractivity contribution is -0.118. The van der Waals surface area contributed by atoms with Crippen molar-refractivity contribution in [2.75, 3.05) is 0 Å². The minimum atomic E-state index is -4.23. The van der Waals surface area contributed by atoms with E-state index < -0.39 is 27.1 Å². The van der Waals surface area contributed by atoms with Crippen LogP contribution in [0.2, 0.25) is 0 Å². The van der Waals surface area contributed by atoms with Crippen LogP contribution in [0, 0.1) is 0 Å². The van der Waals surface area contributed by atoms with E-state index in [1.165, 1.54) is 39.8 Å². The first-order valence-electron chi connectivity index (χ1n) is 11.2. The van der Waals surface area contributed by atoms with Gasteiger partial charge >= 0.3 is 0 Å². The maximum atomic E-state index is 13.1. The average molecular weight is 476 g/mol. The van der Waals surface area contributed by atoms with Gasteiger partial charge in [-0.05, 0) is 79.5 Å². The highest BCUT2D eigenvalue weighted by Gasteiger charge is 2.28. The Kier molecular flexibility index (Phi) is 7.83. The van der Waals surface area contributed by atoms with Crippen LogP contribution < -0.4 is 4.72 Å². The number of rotatable bonds is 8. The van der Waals surface area contributed by atoms with E-state index in [9.17, 15) is 23.4 Å². The molecule has 2 aromatic carbocycles. The summed E-state index contributed by atoms with van der Waals surface area (Å²) in [5.74, 6) is -0.273. The fourth-order valence-electron chi connectivity index (χ4n) is 3.78. The van der Waals surface area contributed by atoms with E-state index in [1.54, 1.807) is 6.07 Å². The molecular weight excluding hydrogens is 438 g/mol. The van der Waals surface area contributed by atoms with Crippen molar-refractivity contribution in [3.8, 4) is 0 Å². The number of carbonyl (C=O) groups is 1. The molecule has 0 saturated carbocycles. The van der Waals surface area contributed by atoms with Gasteiger partial charge in [-0.15, -0.1) is 0 Å². The van der Waals surface area contributed by atoms with Crippen LogP contribution in [0.15, 0.2) is 41.3 Å². The summed E-state index contributed by atoms with van der Waals surface area (Å²) in [5.41, 5.74) is 0.849. The number of benzene rings is 2. The minimum absolute atomic E-state index is 0.0649. The maximum Gasteiger partial charge on any atom is 0.264 e. The lowest BCUT2D eigenvalue weighted by Gasteiger charge is -2.24. The van der Waals surface area contributed by atoms with Gasteiger partial charge in [0, 0.05) is 0 Å². The normalized spacial score (nSPS) is 13.0. The van der Waals surface area contributed by atoms with Crippen LogP contribution in [0.5, 0.6) is 0 Å². The highest BCUT2D eigenvalue weighted by atomic mass is 32.2. The second-order valence-corrected chi connectivity index (χ2v) is 12.0. The predicted molar refractivity (Wildman–Crippen MR) is 131 cm³/mol. The van der Waals surface area contributed by atoms with Gasteiger partial charge in [-0.2, -0.15) is 0 Å². The number of amides is 1. The van der Waals surface area contributed by atoms with Crippen LogP contribution >= 0.6 is 0 Å². The largest absolute Gasteiger partial charge is 0.386 e. The van der Waals surface area contributed by atoms with Gasteiger partial charge in [-0.3, -0.25) is 4.79 Å². The molecule has 0 atom stereocenters. The van der Waals surface area contributed by atoms with Crippen molar-refractivity contribution in [2.45, 2.75) is 89.7 Å². The second kappa shape index (κ2) is 9.57. The highest BCUT2D eigenvalue weighted by molar-refractivity contribution is 7.90. The first-order valence-corrected chi connectivity index (χ1v) is 12.7. The topological polar surface area (TPSA) is 104 Å². The van der Waals surface area contributed by atoms with Gasteiger partial charge in [0.25, 0.3) is 10.0 Å². The first kappa shape index (κ1) is 27.0. The van der Waals surface area contributed by atoms with Crippen LogP contribution in [0.4, 0.5) is 0 Å². The Morgan fingerprint density at radius 3 is 1.67 bits per heavy atom. The van der Waals surface area contributed by atoms with Gasteiger partial charge in [0.05, 0.1) is 22.5 Å². The monoisotopic (exact) mass is 475 g/mol. The van der Waals surface area contributed by atoms with Crippen LogP contribution in [0.1, 0.15) is 95.0 Å². The summed E-state index contributed by atoms with van der Waals surface area (Å²) in [5, 5.41) is 20.9. The maximum absolute atomic E-state index is 13.1. The molecule has 2 aromatic rings. The van der Waals surface area contributed by atoms with Crippen LogP contribution in [-0.4, -0.2) is 24.5 Å². The minimum Gasteiger partial charge on any atom is -0.386 e. The van der Waals surface area contributed by atoms with Crippen molar-refractivity contribution < 1.29 is 23.4 Å². The molecule has 0 aliphatic carbocycles. The molecule has 1 amide bonds. The second-order valence-electron chi connectivity index (χ2n) is 10.3. The van der Waals surface area contributed by atoms with Gasteiger partial charge in [-0.1, -0.05) is 52.0 Å². The van der Waals surface area contributed by atoms with Crippen molar-refractivity contribution in [3.63, 3.8) is 0 Å².